The van der Waals surface area contributed by atoms with Gasteiger partial charge in [-0.2, -0.15) is 4.98 Å². The Morgan fingerprint density at radius 3 is 2.64 bits per heavy atom. The molecule has 22 heavy (non-hydrogen) atoms. The Morgan fingerprint density at radius 1 is 1.27 bits per heavy atom. The summed E-state index contributed by atoms with van der Waals surface area (Å²) in [5.74, 6) is 1.19. The van der Waals surface area contributed by atoms with Crippen LogP contribution in [0.4, 0.5) is 11.8 Å². The number of halogens is 3. The highest BCUT2D eigenvalue weighted by Crippen LogP contribution is 2.21. The molecule has 2 aromatic rings. The van der Waals surface area contributed by atoms with Crippen molar-refractivity contribution in [3.05, 3.63) is 46.6 Å². The molecule has 1 aromatic carbocycles. The Hall–Kier alpha value is -1.27. The van der Waals surface area contributed by atoms with Gasteiger partial charge in [-0.3, -0.25) is 4.84 Å². The van der Waals surface area contributed by atoms with Crippen molar-refractivity contribution in [3.63, 3.8) is 0 Å². The lowest BCUT2D eigenvalue weighted by molar-refractivity contribution is 0.132. The van der Waals surface area contributed by atoms with Gasteiger partial charge in [-0.25, -0.2) is 10.0 Å². The Kier molecular flexibility index (Phi) is 7.68. The van der Waals surface area contributed by atoms with E-state index in [1.807, 2.05) is 24.3 Å². The highest BCUT2D eigenvalue weighted by atomic mass is 35.5. The van der Waals surface area contributed by atoms with Crippen molar-refractivity contribution in [3.8, 4) is 0 Å². The molecule has 0 saturated carbocycles. The molecule has 2 N–H and O–H groups in total. The zero-order valence-electron chi connectivity index (χ0n) is 12.0. The van der Waals surface area contributed by atoms with Crippen LogP contribution < -0.4 is 10.8 Å². The number of nitrogen functional groups attached to an aromatic ring is 1. The van der Waals surface area contributed by atoms with E-state index < -0.39 is 0 Å². The molecule has 0 fully saturated rings. The molecular formula is C14H17Cl3N4O. The van der Waals surface area contributed by atoms with Gasteiger partial charge in [0, 0.05) is 36.1 Å². The summed E-state index contributed by atoms with van der Waals surface area (Å²) in [7, 11) is 1.70. The minimum absolute atomic E-state index is 0. The number of anilines is 2. The number of nitrogens with two attached hydrogens (primary N) is 1. The quantitative estimate of drug-likeness (QED) is 0.630. The van der Waals surface area contributed by atoms with Gasteiger partial charge in [-0.1, -0.05) is 29.8 Å². The van der Waals surface area contributed by atoms with E-state index in [9.17, 15) is 0 Å². The number of alkyl halides is 1. The van der Waals surface area contributed by atoms with Crippen LogP contribution in [-0.4, -0.2) is 29.5 Å². The van der Waals surface area contributed by atoms with E-state index in [0.717, 1.165) is 11.1 Å². The lowest BCUT2D eigenvalue weighted by atomic mass is 10.1. The lowest BCUT2D eigenvalue weighted by Crippen LogP contribution is -2.22. The molecule has 120 valence electrons. The van der Waals surface area contributed by atoms with E-state index in [0.29, 0.717) is 35.7 Å². The molecule has 0 unspecified atom stereocenters. The number of benzene rings is 1. The molecule has 0 aliphatic carbocycles. The Balaban J connectivity index is 0.00000242. The van der Waals surface area contributed by atoms with Crippen molar-refractivity contribution >= 4 is 47.4 Å². The van der Waals surface area contributed by atoms with Crippen LogP contribution in [0.3, 0.4) is 0 Å². The van der Waals surface area contributed by atoms with Gasteiger partial charge in [-0.05, 0) is 11.6 Å². The molecular weight excluding hydrogens is 347 g/mol. The maximum atomic E-state index is 6.14. The van der Waals surface area contributed by atoms with Crippen LogP contribution in [0.25, 0.3) is 0 Å². The van der Waals surface area contributed by atoms with E-state index in [-0.39, 0.29) is 12.4 Å². The summed E-state index contributed by atoms with van der Waals surface area (Å²) in [5, 5.41) is 2.14. The third-order valence-electron chi connectivity index (χ3n) is 2.87. The summed E-state index contributed by atoms with van der Waals surface area (Å²) in [6.07, 6.45) is 2.26. The van der Waals surface area contributed by atoms with Crippen molar-refractivity contribution in [2.24, 2.45) is 0 Å². The fourth-order valence-corrected chi connectivity index (χ4v) is 2.05. The molecule has 0 aliphatic heterocycles. The first-order valence-corrected chi connectivity index (χ1v) is 7.30. The van der Waals surface area contributed by atoms with Gasteiger partial charge in [0.05, 0.1) is 6.61 Å². The number of hydroxylamine groups is 1. The summed E-state index contributed by atoms with van der Waals surface area (Å²) in [6, 6.07) is 7.61. The molecule has 0 aliphatic rings. The molecule has 0 bridgehead atoms. The number of rotatable bonds is 6. The van der Waals surface area contributed by atoms with Gasteiger partial charge < -0.3 is 5.73 Å². The molecule has 0 saturated heterocycles. The first-order chi connectivity index (χ1) is 10.1. The van der Waals surface area contributed by atoms with Gasteiger partial charge in [0.15, 0.2) is 0 Å². The Morgan fingerprint density at radius 2 is 2.00 bits per heavy atom. The smallest absolute Gasteiger partial charge is 0.251 e. The summed E-state index contributed by atoms with van der Waals surface area (Å²) >= 11 is 11.7. The number of hydrogen-bond acceptors (Lipinski definition) is 5. The van der Waals surface area contributed by atoms with Gasteiger partial charge >= 0.3 is 0 Å². The monoisotopic (exact) mass is 362 g/mol. The molecule has 0 amide bonds. The molecule has 1 heterocycles. The van der Waals surface area contributed by atoms with E-state index in [4.69, 9.17) is 33.8 Å². The van der Waals surface area contributed by atoms with Crippen LogP contribution in [0.5, 0.6) is 0 Å². The minimum atomic E-state index is 0. The summed E-state index contributed by atoms with van der Waals surface area (Å²) in [6.45, 7) is 0.378. The average molecular weight is 364 g/mol. The predicted molar refractivity (Wildman–Crippen MR) is 93.0 cm³/mol. The molecule has 0 radical (unpaired) electrons. The summed E-state index contributed by atoms with van der Waals surface area (Å²) in [4.78, 5) is 13.8. The van der Waals surface area contributed by atoms with Crippen LogP contribution in [0, 0.1) is 0 Å². The van der Waals surface area contributed by atoms with Crippen LogP contribution >= 0.6 is 35.6 Å². The normalized spacial score (nSPS) is 10.1. The highest BCUT2D eigenvalue weighted by molar-refractivity contribution is 6.31. The maximum absolute atomic E-state index is 6.14. The van der Waals surface area contributed by atoms with Crippen molar-refractivity contribution in [2.45, 2.75) is 6.42 Å². The van der Waals surface area contributed by atoms with Gasteiger partial charge in [0.1, 0.15) is 5.82 Å². The molecule has 8 heteroatoms. The zero-order valence-corrected chi connectivity index (χ0v) is 14.3. The third kappa shape index (κ3) is 4.88. The SMILES string of the molecule is CN(OCCCl)c1ncc(Cc2ccccc2Cl)c(N)n1.Cl. The van der Waals surface area contributed by atoms with E-state index >= 15 is 0 Å². The molecule has 0 atom stereocenters. The van der Waals surface area contributed by atoms with Gasteiger partial charge in [0.25, 0.3) is 5.95 Å². The number of nitrogens with zero attached hydrogens (tertiary/aromatic N) is 3. The fourth-order valence-electron chi connectivity index (χ4n) is 1.77. The standard InChI is InChI=1S/C14H16Cl2N4O.ClH/c1-20(21-7-6-15)14-18-9-11(13(17)19-14)8-10-4-2-3-5-12(10)16;/h2-5,9H,6-8H2,1H3,(H2,17,18,19);1H. The van der Waals surface area contributed by atoms with Crippen LogP contribution in [0.2, 0.25) is 5.02 Å². The van der Waals surface area contributed by atoms with Gasteiger partial charge in [0.2, 0.25) is 0 Å². The summed E-state index contributed by atoms with van der Waals surface area (Å²) in [5.41, 5.74) is 7.78. The Labute approximate surface area is 145 Å². The number of aromatic nitrogens is 2. The van der Waals surface area contributed by atoms with Crippen LogP contribution in [0.15, 0.2) is 30.5 Å². The first-order valence-electron chi connectivity index (χ1n) is 6.39. The van der Waals surface area contributed by atoms with Crippen molar-refractivity contribution in [1.82, 2.24) is 9.97 Å². The summed E-state index contributed by atoms with van der Waals surface area (Å²) < 4.78 is 0. The fraction of sp³-hybridized carbons (Fsp3) is 0.286. The van der Waals surface area contributed by atoms with E-state index in [1.165, 1.54) is 5.06 Å². The van der Waals surface area contributed by atoms with Crippen LogP contribution in [-0.2, 0) is 11.3 Å². The second kappa shape index (κ2) is 9.00. The van der Waals surface area contributed by atoms with E-state index in [2.05, 4.69) is 9.97 Å². The molecule has 0 spiro atoms. The largest absolute Gasteiger partial charge is 0.383 e. The maximum Gasteiger partial charge on any atom is 0.251 e. The minimum Gasteiger partial charge on any atom is -0.383 e. The van der Waals surface area contributed by atoms with Crippen molar-refractivity contribution in [1.29, 1.82) is 0 Å². The average Bonchev–Trinajstić information content (AvgIpc) is 2.49. The van der Waals surface area contributed by atoms with Crippen molar-refractivity contribution in [2.75, 3.05) is 30.3 Å². The molecule has 5 nitrogen and oxygen atoms in total. The topological polar surface area (TPSA) is 64.3 Å². The zero-order chi connectivity index (χ0) is 15.2. The predicted octanol–water partition coefficient (Wildman–Crippen LogP) is 3.33. The van der Waals surface area contributed by atoms with Crippen molar-refractivity contribution < 1.29 is 4.84 Å². The van der Waals surface area contributed by atoms with Crippen LogP contribution in [0.1, 0.15) is 11.1 Å². The number of hydrogen-bond donors (Lipinski definition) is 1. The second-order valence-electron chi connectivity index (χ2n) is 4.37. The first kappa shape index (κ1) is 18.8. The van der Waals surface area contributed by atoms with E-state index in [1.54, 1.807) is 13.2 Å². The highest BCUT2D eigenvalue weighted by Gasteiger charge is 2.10. The molecule has 1 aromatic heterocycles. The Bertz CT molecular complexity index is 612. The molecule has 2 rings (SSSR count). The third-order valence-corrected chi connectivity index (χ3v) is 3.39. The second-order valence-corrected chi connectivity index (χ2v) is 5.15. The lowest BCUT2D eigenvalue weighted by Gasteiger charge is -2.16. The van der Waals surface area contributed by atoms with Gasteiger partial charge in [-0.15, -0.1) is 24.0 Å².